The third kappa shape index (κ3) is 1.77. The highest BCUT2D eigenvalue weighted by molar-refractivity contribution is 7.16. The van der Waals surface area contributed by atoms with E-state index in [4.69, 9.17) is 4.98 Å². The minimum absolute atomic E-state index is 0.595. The van der Waals surface area contributed by atoms with Crippen molar-refractivity contribution in [2.24, 2.45) is 0 Å². The molecule has 5 heteroatoms. The molecule has 2 aromatic rings. The van der Waals surface area contributed by atoms with Crippen LogP contribution >= 0.6 is 11.3 Å². The van der Waals surface area contributed by atoms with Gasteiger partial charge in [-0.2, -0.15) is 5.10 Å². The van der Waals surface area contributed by atoms with Crippen LogP contribution in [0.5, 0.6) is 0 Å². The lowest BCUT2D eigenvalue weighted by molar-refractivity contribution is 0.198. The average Bonchev–Trinajstić information content (AvgIpc) is 2.84. The van der Waals surface area contributed by atoms with Gasteiger partial charge in [0.05, 0.1) is 11.4 Å². The molecular weight excluding hydrogens is 232 g/mol. The number of imidazole rings is 1. The van der Waals surface area contributed by atoms with Gasteiger partial charge in [-0.3, -0.25) is 4.90 Å². The molecule has 1 aliphatic rings. The highest BCUT2D eigenvalue weighted by atomic mass is 32.1. The van der Waals surface area contributed by atoms with Gasteiger partial charge in [0.15, 0.2) is 0 Å². The molecule has 3 heterocycles. The predicted molar refractivity (Wildman–Crippen MR) is 69.5 cm³/mol. The molecule has 0 spiro atoms. The van der Waals surface area contributed by atoms with Crippen LogP contribution in [0, 0.1) is 0 Å². The number of aromatic nitrogens is 3. The highest BCUT2D eigenvalue weighted by Gasteiger charge is 2.24. The Balaban J connectivity index is 2.03. The molecule has 0 radical (unpaired) electrons. The van der Waals surface area contributed by atoms with Gasteiger partial charge in [-0.1, -0.05) is 18.3 Å². The van der Waals surface area contributed by atoms with Gasteiger partial charge in [-0.25, -0.2) is 9.50 Å². The Hall–Kier alpha value is -0.940. The van der Waals surface area contributed by atoms with Crippen LogP contribution in [0.2, 0.25) is 0 Å². The molecule has 0 aliphatic carbocycles. The first kappa shape index (κ1) is 11.2. The zero-order valence-corrected chi connectivity index (χ0v) is 11.4. The van der Waals surface area contributed by atoms with Gasteiger partial charge in [0.2, 0.25) is 4.96 Å². The Morgan fingerprint density at radius 1 is 1.41 bits per heavy atom. The molecule has 0 unspecified atom stereocenters. The Bertz CT molecular complexity index is 540. The van der Waals surface area contributed by atoms with E-state index in [2.05, 4.69) is 35.3 Å². The Morgan fingerprint density at radius 3 is 2.94 bits per heavy atom. The van der Waals surface area contributed by atoms with E-state index < -0.39 is 0 Å². The molecule has 92 valence electrons. The van der Waals surface area contributed by atoms with E-state index in [9.17, 15) is 0 Å². The molecule has 1 aliphatic heterocycles. The summed E-state index contributed by atoms with van der Waals surface area (Å²) >= 11 is 1.72. The van der Waals surface area contributed by atoms with Crippen molar-refractivity contribution in [2.45, 2.75) is 46.2 Å². The summed E-state index contributed by atoms with van der Waals surface area (Å²) in [5.74, 6) is 0. The van der Waals surface area contributed by atoms with E-state index in [-0.39, 0.29) is 0 Å². The summed E-state index contributed by atoms with van der Waals surface area (Å²) in [6.45, 7) is 8.76. The first-order valence-corrected chi connectivity index (χ1v) is 7.11. The first-order valence-electron chi connectivity index (χ1n) is 6.29. The normalized spacial score (nSPS) is 16.9. The third-order valence-corrected chi connectivity index (χ3v) is 4.50. The summed E-state index contributed by atoms with van der Waals surface area (Å²) in [4.78, 5) is 8.26. The van der Waals surface area contributed by atoms with Gasteiger partial charge in [-0.05, 0) is 20.3 Å². The first-order chi connectivity index (χ1) is 8.19. The largest absolute Gasteiger partial charge is 0.295 e. The smallest absolute Gasteiger partial charge is 0.212 e. The molecule has 0 amide bonds. The van der Waals surface area contributed by atoms with E-state index in [1.54, 1.807) is 11.3 Å². The average molecular weight is 250 g/mol. The zero-order chi connectivity index (χ0) is 12.0. The monoisotopic (exact) mass is 250 g/mol. The fourth-order valence-corrected chi connectivity index (χ4v) is 3.21. The summed E-state index contributed by atoms with van der Waals surface area (Å²) in [6, 6.07) is 0.595. The molecule has 0 atom stereocenters. The number of fused-ring (bicyclic) bond motifs is 3. The Kier molecular flexibility index (Phi) is 2.67. The number of aryl methyl sites for hydroxylation is 1. The summed E-state index contributed by atoms with van der Waals surface area (Å²) < 4.78 is 2.06. The number of nitrogens with zero attached hydrogens (tertiary/aromatic N) is 4. The third-order valence-electron chi connectivity index (χ3n) is 3.44. The molecular formula is C12H18N4S. The van der Waals surface area contributed by atoms with Crippen molar-refractivity contribution in [1.82, 2.24) is 19.5 Å². The van der Waals surface area contributed by atoms with Crippen LogP contribution in [-0.4, -0.2) is 32.1 Å². The van der Waals surface area contributed by atoms with Gasteiger partial charge in [0, 0.05) is 25.6 Å². The quantitative estimate of drug-likeness (QED) is 0.818. The van der Waals surface area contributed by atoms with Crippen LogP contribution in [0.4, 0.5) is 0 Å². The second-order valence-electron chi connectivity index (χ2n) is 4.86. The number of hydrogen-bond donors (Lipinski definition) is 0. The van der Waals surface area contributed by atoms with Crippen molar-refractivity contribution in [3.8, 4) is 0 Å². The van der Waals surface area contributed by atoms with Crippen LogP contribution in [-0.2, 0) is 19.4 Å². The van der Waals surface area contributed by atoms with Crippen LogP contribution in [0.1, 0.15) is 37.2 Å². The molecule has 0 bridgehead atoms. The maximum absolute atomic E-state index is 4.71. The molecule has 0 fully saturated rings. The molecule has 0 saturated heterocycles. The minimum atomic E-state index is 0.595. The Morgan fingerprint density at radius 2 is 2.24 bits per heavy atom. The maximum Gasteiger partial charge on any atom is 0.212 e. The van der Waals surface area contributed by atoms with Crippen LogP contribution in [0.15, 0.2) is 0 Å². The zero-order valence-electron chi connectivity index (χ0n) is 10.6. The van der Waals surface area contributed by atoms with Crippen molar-refractivity contribution in [2.75, 3.05) is 6.54 Å². The van der Waals surface area contributed by atoms with Gasteiger partial charge < -0.3 is 0 Å². The fourth-order valence-electron chi connectivity index (χ4n) is 2.33. The van der Waals surface area contributed by atoms with E-state index in [1.807, 2.05) is 0 Å². The second-order valence-corrected chi connectivity index (χ2v) is 5.90. The lowest BCUT2D eigenvalue weighted by Gasteiger charge is -2.29. The molecule has 2 aromatic heterocycles. The molecule has 0 N–H and O–H groups in total. The summed E-state index contributed by atoms with van der Waals surface area (Å²) in [5.41, 5.74) is 2.55. The van der Waals surface area contributed by atoms with E-state index >= 15 is 0 Å². The molecule has 0 aromatic carbocycles. The summed E-state index contributed by atoms with van der Waals surface area (Å²) in [7, 11) is 0. The van der Waals surface area contributed by atoms with Gasteiger partial charge in [0.25, 0.3) is 0 Å². The highest BCUT2D eigenvalue weighted by Crippen LogP contribution is 2.24. The van der Waals surface area contributed by atoms with E-state index in [1.165, 1.54) is 16.4 Å². The number of rotatable bonds is 2. The SMILES string of the molecule is CCc1nn2c3c(nc2s1)CCN(C(C)C)C3. The molecule has 3 rings (SSSR count). The van der Waals surface area contributed by atoms with E-state index in [0.29, 0.717) is 6.04 Å². The van der Waals surface area contributed by atoms with Crippen LogP contribution in [0.3, 0.4) is 0 Å². The Labute approximate surface area is 105 Å². The van der Waals surface area contributed by atoms with Crippen molar-refractivity contribution in [3.05, 3.63) is 16.4 Å². The van der Waals surface area contributed by atoms with Crippen molar-refractivity contribution < 1.29 is 0 Å². The molecule has 17 heavy (non-hydrogen) atoms. The lowest BCUT2D eigenvalue weighted by atomic mass is 10.1. The standard InChI is InChI=1S/C12H18N4S/c1-4-11-14-16-10-7-15(8(2)3)6-5-9(10)13-12(16)17-11/h8H,4-7H2,1-3H3. The van der Waals surface area contributed by atoms with Crippen molar-refractivity contribution in [1.29, 1.82) is 0 Å². The van der Waals surface area contributed by atoms with Crippen LogP contribution in [0.25, 0.3) is 4.96 Å². The molecule has 0 saturated carbocycles. The van der Waals surface area contributed by atoms with Crippen molar-refractivity contribution in [3.63, 3.8) is 0 Å². The topological polar surface area (TPSA) is 33.4 Å². The van der Waals surface area contributed by atoms with E-state index in [0.717, 1.165) is 30.9 Å². The minimum Gasteiger partial charge on any atom is -0.295 e. The van der Waals surface area contributed by atoms with Gasteiger partial charge >= 0.3 is 0 Å². The summed E-state index contributed by atoms with van der Waals surface area (Å²) in [5, 5.41) is 5.82. The molecule has 4 nitrogen and oxygen atoms in total. The number of hydrogen-bond acceptors (Lipinski definition) is 4. The van der Waals surface area contributed by atoms with Crippen LogP contribution < -0.4 is 0 Å². The second kappa shape index (κ2) is 4.07. The lowest BCUT2D eigenvalue weighted by Crippen LogP contribution is -2.36. The van der Waals surface area contributed by atoms with Crippen molar-refractivity contribution >= 4 is 16.3 Å². The maximum atomic E-state index is 4.71. The predicted octanol–water partition coefficient (Wildman–Crippen LogP) is 2.12. The van der Waals surface area contributed by atoms with Gasteiger partial charge in [0.1, 0.15) is 5.01 Å². The fraction of sp³-hybridized carbons (Fsp3) is 0.667. The van der Waals surface area contributed by atoms with Gasteiger partial charge in [-0.15, -0.1) is 0 Å². The summed E-state index contributed by atoms with van der Waals surface area (Å²) in [6.07, 6.45) is 2.06.